The highest BCUT2D eigenvalue weighted by molar-refractivity contribution is 9.10. The summed E-state index contributed by atoms with van der Waals surface area (Å²) >= 11 is 3.29. The first-order chi connectivity index (χ1) is 6.99. The third kappa shape index (κ3) is 4.01. The molecule has 1 aromatic heterocycles. The molecule has 1 aromatic rings. The Balaban J connectivity index is 2.62. The van der Waals surface area contributed by atoms with Gasteiger partial charge in [-0.15, -0.1) is 0 Å². The minimum Gasteiger partial charge on any atom is -0.368 e. The second-order valence-electron chi connectivity index (χ2n) is 3.66. The third-order valence-electron chi connectivity index (χ3n) is 1.85. The zero-order chi connectivity index (χ0) is 11.4. The van der Waals surface area contributed by atoms with Gasteiger partial charge in [0, 0.05) is 12.2 Å². The first kappa shape index (κ1) is 12.2. The number of carbonyl (C=O) groups is 1. The number of carbonyl (C=O) groups excluding carboxylic acids is 1. The molecule has 5 nitrogen and oxygen atoms in total. The van der Waals surface area contributed by atoms with Crippen molar-refractivity contribution in [1.82, 2.24) is 15.1 Å². The van der Waals surface area contributed by atoms with Gasteiger partial charge in [0.25, 0.3) is 0 Å². The van der Waals surface area contributed by atoms with E-state index in [4.69, 9.17) is 5.73 Å². The zero-order valence-corrected chi connectivity index (χ0v) is 10.4. The van der Waals surface area contributed by atoms with Crippen LogP contribution in [0.5, 0.6) is 0 Å². The lowest BCUT2D eigenvalue weighted by Gasteiger charge is -2.17. The standard InChI is InChI=1S/C9H15BrN4O/c1-6(2)13-8(9(11)15)5-14-4-7(10)3-12-14/h3-4,6,8,13H,5H2,1-2H3,(H2,11,15). The molecule has 84 valence electrons. The Hall–Kier alpha value is -0.880. The van der Waals surface area contributed by atoms with Gasteiger partial charge in [-0.05, 0) is 15.9 Å². The van der Waals surface area contributed by atoms with Crippen molar-refractivity contribution in [1.29, 1.82) is 0 Å². The van der Waals surface area contributed by atoms with Crippen LogP contribution >= 0.6 is 15.9 Å². The molecular formula is C9H15BrN4O. The van der Waals surface area contributed by atoms with Crippen LogP contribution in [0, 0.1) is 0 Å². The summed E-state index contributed by atoms with van der Waals surface area (Å²) in [6.45, 7) is 4.38. The molecule has 0 saturated carbocycles. The average molecular weight is 275 g/mol. The van der Waals surface area contributed by atoms with E-state index in [2.05, 4.69) is 26.3 Å². The number of nitrogens with zero attached hydrogens (tertiary/aromatic N) is 2. The summed E-state index contributed by atoms with van der Waals surface area (Å²) in [6.07, 6.45) is 3.48. The van der Waals surface area contributed by atoms with Crippen molar-refractivity contribution < 1.29 is 4.79 Å². The van der Waals surface area contributed by atoms with E-state index in [1.165, 1.54) is 0 Å². The molecule has 0 aliphatic rings. The maximum Gasteiger partial charge on any atom is 0.236 e. The molecule has 0 radical (unpaired) electrons. The van der Waals surface area contributed by atoms with Crippen LogP contribution in [-0.4, -0.2) is 27.8 Å². The van der Waals surface area contributed by atoms with Gasteiger partial charge >= 0.3 is 0 Å². The van der Waals surface area contributed by atoms with Crippen molar-refractivity contribution in [2.24, 2.45) is 5.73 Å². The molecule has 0 spiro atoms. The highest BCUT2D eigenvalue weighted by Gasteiger charge is 2.16. The summed E-state index contributed by atoms with van der Waals surface area (Å²) < 4.78 is 2.56. The predicted molar refractivity (Wildman–Crippen MR) is 61.2 cm³/mol. The fourth-order valence-electron chi connectivity index (χ4n) is 1.25. The average Bonchev–Trinajstić information content (AvgIpc) is 2.49. The number of nitrogens with two attached hydrogens (primary N) is 1. The summed E-state index contributed by atoms with van der Waals surface area (Å²) in [5.41, 5.74) is 5.29. The highest BCUT2D eigenvalue weighted by atomic mass is 79.9. The number of rotatable bonds is 5. The van der Waals surface area contributed by atoms with E-state index in [0.717, 1.165) is 4.47 Å². The molecule has 0 saturated heterocycles. The van der Waals surface area contributed by atoms with E-state index >= 15 is 0 Å². The lowest BCUT2D eigenvalue weighted by Crippen LogP contribution is -2.47. The number of hydrogen-bond donors (Lipinski definition) is 2. The summed E-state index contributed by atoms with van der Waals surface area (Å²) in [6, 6.07) is -0.182. The first-order valence-corrected chi connectivity index (χ1v) is 5.51. The van der Waals surface area contributed by atoms with E-state index in [9.17, 15) is 4.79 Å². The lowest BCUT2D eigenvalue weighted by atomic mass is 10.2. The Bertz CT molecular complexity index is 337. The van der Waals surface area contributed by atoms with Gasteiger partial charge in [0.05, 0.1) is 17.2 Å². The predicted octanol–water partition coefficient (Wildman–Crippen LogP) is 0.497. The summed E-state index contributed by atoms with van der Waals surface area (Å²) in [5.74, 6) is -0.365. The molecule has 0 aromatic carbocycles. The van der Waals surface area contributed by atoms with E-state index in [-0.39, 0.29) is 11.9 Å². The monoisotopic (exact) mass is 274 g/mol. The smallest absolute Gasteiger partial charge is 0.236 e. The summed E-state index contributed by atoms with van der Waals surface area (Å²) in [7, 11) is 0. The van der Waals surface area contributed by atoms with E-state index < -0.39 is 6.04 Å². The quantitative estimate of drug-likeness (QED) is 0.821. The van der Waals surface area contributed by atoms with Crippen LogP contribution in [0.25, 0.3) is 0 Å². The SMILES string of the molecule is CC(C)NC(Cn1cc(Br)cn1)C(N)=O. The number of aromatic nitrogens is 2. The Morgan fingerprint density at radius 1 is 1.73 bits per heavy atom. The summed E-state index contributed by atoms with van der Waals surface area (Å²) in [4.78, 5) is 11.2. The van der Waals surface area contributed by atoms with Gasteiger partial charge in [-0.3, -0.25) is 9.48 Å². The van der Waals surface area contributed by atoms with Gasteiger partial charge in [-0.1, -0.05) is 13.8 Å². The molecule has 1 amide bonds. The lowest BCUT2D eigenvalue weighted by molar-refractivity contribution is -0.120. The second kappa shape index (κ2) is 5.27. The molecule has 0 bridgehead atoms. The molecular weight excluding hydrogens is 260 g/mol. The molecule has 0 aliphatic heterocycles. The summed E-state index contributed by atoms with van der Waals surface area (Å²) in [5, 5.41) is 7.15. The number of amides is 1. The van der Waals surface area contributed by atoms with Gasteiger partial charge in [0.2, 0.25) is 5.91 Å². The van der Waals surface area contributed by atoms with Crippen molar-refractivity contribution >= 4 is 21.8 Å². The molecule has 1 heterocycles. The van der Waals surface area contributed by atoms with Gasteiger partial charge < -0.3 is 11.1 Å². The van der Waals surface area contributed by atoms with Crippen LogP contribution in [0.3, 0.4) is 0 Å². The van der Waals surface area contributed by atoms with Crippen molar-refractivity contribution in [2.45, 2.75) is 32.5 Å². The van der Waals surface area contributed by atoms with Crippen LogP contribution in [0.4, 0.5) is 0 Å². The molecule has 0 fully saturated rings. The Labute approximate surface area is 97.1 Å². The van der Waals surface area contributed by atoms with Crippen LogP contribution in [0.15, 0.2) is 16.9 Å². The maximum absolute atomic E-state index is 11.2. The van der Waals surface area contributed by atoms with Crippen molar-refractivity contribution in [3.63, 3.8) is 0 Å². The number of halogens is 1. The molecule has 1 unspecified atom stereocenters. The van der Waals surface area contributed by atoms with Crippen LogP contribution < -0.4 is 11.1 Å². The van der Waals surface area contributed by atoms with E-state index in [0.29, 0.717) is 6.54 Å². The van der Waals surface area contributed by atoms with Crippen molar-refractivity contribution in [2.75, 3.05) is 0 Å². The van der Waals surface area contributed by atoms with Crippen LogP contribution in [0.2, 0.25) is 0 Å². The van der Waals surface area contributed by atoms with Crippen molar-refractivity contribution in [3.8, 4) is 0 Å². The topological polar surface area (TPSA) is 72.9 Å². The van der Waals surface area contributed by atoms with Gasteiger partial charge in [0.1, 0.15) is 6.04 Å². The number of hydrogen-bond acceptors (Lipinski definition) is 3. The Morgan fingerprint density at radius 3 is 2.80 bits per heavy atom. The van der Waals surface area contributed by atoms with E-state index in [1.54, 1.807) is 17.1 Å². The number of primary amides is 1. The molecule has 1 rings (SSSR count). The van der Waals surface area contributed by atoms with Crippen LogP contribution in [-0.2, 0) is 11.3 Å². The highest BCUT2D eigenvalue weighted by Crippen LogP contribution is 2.06. The van der Waals surface area contributed by atoms with Crippen molar-refractivity contribution in [3.05, 3.63) is 16.9 Å². The van der Waals surface area contributed by atoms with Crippen LogP contribution in [0.1, 0.15) is 13.8 Å². The zero-order valence-electron chi connectivity index (χ0n) is 8.77. The molecule has 1 atom stereocenters. The van der Waals surface area contributed by atoms with Gasteiger partial charge in [-0.25, -0.2) is 0 Å². The molecule has 0 aliphatic carbocycles. The fourth-order valence-corrected chi connectivity index (χ4v) is 1.58. The normalized spacial score (nSPS) is 13.1. The third-order valence-corrected chi connectivity index (χ3v) is 2.26. The minimum atomic E-state index is -0.392. The van der Waals surface area contributed by atoms with Gasteiger partial charge in [-0.2, -0.15) is 5.10 Å². The largest absolute Gasteiger partial charge is 0.368 e. The second-order valence-corrected chi connectivity index (χ2v) is 4.57. The minimum absolute atomic E-state index is 0.210. The maximum atomic E-state index is 11.2. The number of nitrogens with one attached hydrogen (secondary N) is 1. The fraction of sp³-hybridized carbons (Fsp3) is 0.556. The molecule has 3 N–H and O–H groups in total. The Kier molecular flexibility index (Phi) is 4.28. The Morgan fingerprint density at radius 2 is 2.40 bits per heavy atom. The molecule has 15 heavy (non-hydrogen) atoms. The molecule has 6 heteroatoms. The van der Waals surface area contributed by atoms with E-state index in [1.807, 2.05) is 13.8 Å². The van der Waals surface area contributed by atoms with Gasteiger partial charge in [0.15, 0.2) is 0 Å². The first-order valence-electron chi connectivity index (χ1n) is 4.72.